The summed E-state index contributed by atoms with van der Waals surface area (Å²) in [4.78, 5) is 18.3. The highest BCUT2D eigenvalue weighted by Crippen LogP contribution is 2.28. The lowest BCUT2D eigenvalue weighted by atomic mass is 9.95. The van der Waals surface area contributed by atoms with Crippen molar-refractivity contribution in [1.29, 1.82) is 0 Å². The summed E-state index contributed by atoms with van der Waals surface area (Å²) in [6, 6.07) is 1.99. The zero-order chi connectivity index (χ0) is 12.3. The number of thioether (sulfide) groups is 1. The summed E-state index contributed by atoms with van der Waals surface area (Å²) in [5, 5.41) is 4.12. The molecule has 1 aromatic rings. The second kappa shape index (κ2) is 5.58. The normalized spacial score (nSPS) is 24.6. The van der Waals surface area contributed by atoms with Crippen LogP contribution in [0.4, 0.5) is 5.82 Å². The summed E-state index contributed by atoms with van der Waals surface area (Å²) < 4.78 is 0. The molecule has 1 heterocycles. The molecule has 2 rings (SSSR count). The Labute approximate surface area is 106 Å². The molecular formula is C12H19N3OS. The molecule has 1 saturated carbocycles. The van der Waals surface area contributed by atoms with Gasteiger partial charge in [0, 0.05) is 17.4 Å². The first-order chi connectivity index (χ1) is 8.17. The number of aryl methyl sites for hydroxylation is 1. The Kier molecular flexibility index (Phi) is 4.10. The predicted molar refractivity (Wildman–Crippen MR) is 72.8 cm³/mol. The van der Waals surface area contributed by atoms with Crippen LogP contribution in [0.2, 0.25) is 0 Å². The highest BCUT2D eigenvalue weighted by Gasteiger charge is 2.21. The molecule has 2 N–H and O–H groups in total. The molecule has 0 spiro atoms. The number of anilines is 1. The van der Waals surface area contributed by atoms with Crippen LogP contribution in [0.5, 0.6) is 0 Å². The molecule has 4 nitrogen and oxygen atoms in total. The van der Waals surface area contributed by atoms with Crippen LogP contribution in [0.3, 0.4) is 0 Å². The third-order valence-corrected chi connectivity index (χ3v) is 4.27. The van der Waals surface area contributed by atoms with Crippen LogP contribution in [0.25, 0.3) is 0 Å². The van der Waals surface area contributed by atoms with Gasteiger partial charge in [-0.05, 0) is 32.4 Å². The van der Waals surface area contributed by atoms with Gasteiger partial charge >= 0.3 is 0 Å². The first-order valence-electron chi connectivity index (χ1n) is 6.04. The van der Waals surface area contributed by atoms with Gasteiger partial charge in [-0.3, -0.25) is 4.79 Å². The topological polar surface area (TPSA) is 57.8 Å². The Morgan fingerprint density at radius 1 is 1.53 bits per heavy atom. The Bertz CT molecular complexity index is 432. The molecule has 2 atom stereocenters. The zero-order valence-electron chi connectivity index (χ0n) is 10.3. The lowest BCUT2D eigenvalue weighted by Gasteiger charge is -2.28. The van der Waals surface area contributed by atoms with Crippen molar-refractivity contribution in [2.24, 2.45) is 0 Å². The van der Waals surface area contributed by atoms with E-state index < -0.39 is 0 Å². The maximum atomic E-state index is 11.3. The van der Waals surface area contributed by atoms with E-state index >= 15 is 0 Å². The first kappa shape index (κ1) is 12.5. The van der Waals surface area contributed by atoms with E-state index in [2.05, 4.69) is 21.5 Å². The Hall–Kier alpha value is -0.970. The smallest absolute Gasteiger partial charge is 0.252 e. The highest BCUT2D eigenvalue weighted by molar-refractivity contribution is 7.99. The van der Waals surface area contributed by atoms with E-state index in [0.717, 1.165) is 11.7 Å². The van der Waals surface area contributed by atoms with Gasteiger partial charge in [0.15, 0.2) is 0 Å². The monoisotopic (exact) mass is 253 g/mol. The number of hydrogen-bond donors (Lipinski definition) is 2. The lowest BCUT2D eigenvalue weighted by molar-refractivity contribution is 0.472. The third-order valence-electron chi connectivity index (χ3n) is 3.17. The fourth-order valence-electron chi connectivity index (χ4n) is 2.35. The number of H-pyrrole nitrogens is 1. The molecule has 0 aliphatic heterocycles. The highest BCUT2D eigenvalue weighted by atomic mass is 32.2. The van der Waals surface area contributed by atoms with Gasteiger partial charge in [0.1, 0.15) is 11.6 Å². The van der Waals surface area contributed by atoms with E-state index in [9.17, 15) is 4.79 Å². The van der Waals surface area contributed by atoms with Crippen LogP contribution in [0.1, 0.15) is 31.5 Å². The second-order valence-electron chi connectivity index (χ2n) is 4.58. The summed E-state index contributed by atoms with van der Waals surface area (Å²) in [7, 11) is 0. The van der Waals surface area contributed by atoms with Crippen LogP contribution in [-0.4, -0.2) is 27.5 Å². The molecule has 1 aromatic heterocycles. The van der Waals surface area contributed by atoms with Gasteiger partial charge < -0.3 is 10.3 Å². The van der Waals surface area contributed by atoms with E-state index in [-0.39, 0.29) is 5.56 Å². The largest absolute Gasteiger partial charge is 0.367 e. The van der Waals surface area contributed by atoms with Gasteiger partial charge in [-0.2, -0.15) is 11.8 Å². The number of nitrogens with zero attached hydrogens (tertiary/aromatic N) is 1. The van der Waals surface area contributed by atoms with Crippen LogP contribution >= 0.6 is 11.8 Å². The Balaban J connectivity index is 2.02. The van der Waals surface area contributed by atoms with Crippen molar-refractivity contribution in [1.82, 2.24) is 9.97 Å². The molecule has 0 amide bonds. The average Bonchev–Trinajstić information content (AvgIpc) is 2.28. The molecule has 0 saturated heterocycles. The molecule has 2 unspecified atom stereocenters. The average molecular weight is 253 g/mol. The van der Waals surface area contributed by atoms with Gasteiger partial charge in [0.05, 0.1) is 0 Å². The summed E-state index contributed by atoms with van der Waals surface area (Å²) in [6.45, 7) is 1.80. The van der Waals surface area contributed by atoms with E-state index in [1.165, 1.54) is 25.3 Å². The maximum absolute atomic E-state index is 11.3. The molecule has 0 aromatic carbocycles. The van der Waals surface area contributed by atoms with Crippen LogP contribution < -0.4 is 10.9 Å². The van der Waals surface area contributed by atoms with Gasteiger partial charge in [-0.15, -0.1) is 0 Å². The lowest BCUT2D eigenvalue weighted by Crippen LogP contribution is -2.29. The van der Waals surface area contributed by atoms with Crippen LogP contribution in [-0.2, 0) is 0 Å². The SMILES string of the molecule is CSC1CCCC(Nc2cc(=O)[nH]c(C)n2)C1. The van der Waals surface area contributed by atoms with Gasteiger partial charge in [0.2, 0.25) is 0 Å². The maximum Gasteiger partial charge on any atom is 0.252 e. The molecule has 5 heteroatoms. The van der Waals surface area contributed by atoms with E-state index in [4.69, 9.17) is 0 Å². The first-order valence-corrected chi connectivity index (χ1v) is 7.33. The molecular weight excluding hydrogens is 234 g/mol. The third kappa shape index (κ3) is 3.49. The van der Waals surface area contributed by atoms with Crippen molar-refractivity contribution in [3.63, 3.8) is 0 Å². The summed E-state index contributed by atoms with van der Waals surface area (Å²) in [5.74, 6) is 1.37. The van der Waals surface area contributed by atoms with E-state index in [1.807, 2.05) is 11.8 Å². The second-order valence-corrected chi connectivity index (χ2v) is 5.72. The van der Waals surface area contributed by atoms with Crippen molar-refractivity contribution >= 4 is 17.6 Å². The number of hydrogen-bond acceptors (Lipinski definition) is 4. The van der Waals surface area contributed by atoms with Crippen molar-refractivity contribution in [2.45, 2.75) is 43.9 Å². The van der Waals surface area contributed by atoms with Crippen molar-refractivity contribution in [3.8, 4) is 0 Å². The van der Waals surface area contributed by atoms with Gasteiger partial charge in [-0.1, -0.05) is 6.42 Å². The minimum absolute atomic E-state index is 0.0859. The number of rotatable bonds is 3. The molecule has 1 fully saturated rings. The summed E-state index contributed by atoms with van der Waals surface area (Å²) in [5.41, 5.74) is -0.0859. The summed E-state index contributed by atoms with van der Waals surface area (Å²) >= 11 is 1.94. The van der Waals surface area contributed by atoms with Crippen molar-refractivity contribution in [2.75, 3.05) is 11.6 Å². The molecule has 0 radical (unpaired) electrons. The number of aromatic nitrogens is 2. The summed E-state index contributed by atoms with van der Waals surface area (Å²) in [6.07, 6.45) is 7.06. The van der Waals surface area contributed by atoms with Gasteiger partial charge in [0.25, 0.3) is 5.56 Å². The zero-order valence-corrected chi connectivity index (χ0v) is 11.1. The molecule has 1 aliphatic carbocycles. The molecule has 0 bridgehead atoms. The number of nitrogens with one attached hydrogen (secondary N) is 2. The van der Waals surface area contributed by atoms with Crippen molar-refractivity contribution in [3.05, 3.63) is 22.2 Å². The standard InChI is InChI=1S/C12H19N3OS/c1-8-13-11(7-12(16)14-8)15-9-4-3-5-10(6-9)17-2/h7,9-10H,3-6H2,1-2H3,(H2,13,14,15,16). The number of aromatic amines is 1. The molecule has 17 heavy (non-hydrogen) atoms. The van der Waals surface area contributed by atoms with Crippen LogP contribution in [0.15, 0.2) is 10.9 Å². The van der Waals surface area contributed by atoms with E-state index in [1.54, 1.807) is 6.92 Å². The quantitative estimate of drug-likeness (QED) is 0.866. The Morgan fingerprint density at radius 3 is 3.06 bits per heavy atom. The minimum atomic E-state index is -0.0859. The molecule has 1 aliphatic rings. The van der Waals surface area contributed by atoms with E-state index in [0.29, 0.717) is 17.7 Å². The van der Waals surface area contributed by atoms with Crippen LogP contribution in [0, 0.1) is 6.92 Å². The fraction of sp³-hybridized carbons (Fsp3) is 0.667. The van der Waals surface area contributed by atoms with Crippen molar-refractivity contribution < 1.29 is 0 Å². The predicted octanol–water partition coefficient (Wildman–Crippen LogP) is 2.16. The Morgan fingerprint density at radius 2 is 2.35 bits per heavy atom. The minimum Gasteiger partial charge on any atom is -0.367 e. The van der Waals surface area contributed by atoms with Gasteiger partial charge in [-0.25, -0.2) is 4.98 Å². The molecule has 94 valence electrons. The fourth-order valence-corrected chi connectivity index (χ4v) is 3.18.